The van der Waals surface area contributed by atoms with Gasteiger partial charge in [0.25, 0.3) is 0 Å². The van der Waals surface area contributed by atoms with E-state index in [1.165, 1.54) is 0 Å². The van der Waals surface area contributed by atoms with Gasteiger partial charge in [-0.2, -0.15) is 0 Å². The fourth-order valence-corrected chi connectivity index (χ4v) is 3.96. The van der Waals surface area contributed by atoms with Crippen LogP contribution in [0.2, 0.25) is 0 Å². The second kappa shape index (κ2) is 4.70. The van der Waals surface area contributed by atoms with E-state index in [0.29, 0.717) is 19.8 Å². The van der Waals surface area contributed by atoms with Gasteiger partial charge in [-0.25, -0.2) is 0 Å². The van der Waals surface area contributed by atoms with Gasteiger partial charge in [0.2, 0.25) is 0 Å². The first-order valence-electron chi connectivity index (χ1n) is 7.04. The average Bonchev–Trinajstić information content (AvgIpc) is 2.90. The van der Waals surface area contributed by atoms with Crippen LogP contribution >= 0.6 is 0 Å². The number of nitrogens with two attached hydrogens (primary N) is 1. The molecule has 2 spiro atoms. The molecule has 1 aliphatic carbocycles. The van der Waals surface area contributed by atoms with Crippen molar-refractivity contribution in [3.63, 3.8) is 0 Å². The molecule has 1 unspecified atom stereocenters. The smallest absolute Gasteiger partial charge is 0.317 e. The van der Waals surface area contributed by atoms with E-state index in [9.17, 15) is 4.79 Å². The second-order valence-corrected chi connectivity index (χ2v) is 6.07. The normalized spacial score (nSPS) is 33.2. The van der Waals surface area contributed by atoms with Crippen LogP contribution in [-0.4, -0.2) is 59.6 Å². The van der Waals surface area contributed by atoms with Crippen LogP contribution in [0.1, 0.15) is 32.1 Å². The Hall–Kier alpha value is -0.690. The number of hydrogen-bond donors (Lipinski definition) is 2. The van der Waals surface area contributed by atoms with Crippen molar-refractivity contribution >= 4 is 5.97 Å². The first kappa shape index (κ1) is 13.3. The number of rotatable bonds is 2. The highest BCUT2D eigenvalue weighted by Crippen LogP contribution is 2.47. The number of carboxylic acids is 1. The van der Waals surface area contributed by atoms with Gasteiger partial charge in [0, 0.05) is 31.0 Å². The lowest BCUT2D eigenvalue weighted by atomic mass is 9.76. The molecule has 1 saturated carbocycles. The Kier molecular flexibility index (Phi) is 3.29. The van der Waals surface area contributed by atoms with Gasteiger partial charge >= 0.3 is 5.97 Å². The molecule has 0 bridgehead atoms. The van der Waals surface area contributed by atoms with Gasteiger partial charge in [0.1, 0.15) is 0 Å². The minimum absolute atomic E-state index is 0.0572. The van der Waals surface area contributed by atoms with Gasteiger partial charge in [0.05, 0.1) is 19.8 Å². The number of aliphatic carboxylic acids is 1. The predicted octanol–water partition coefficient (Wildman–Crippen LogP) is 0.160. The molecule has 3 N–H and O–H groups in total. The molecule has 0 aromatic carbocycles. The monoisotopic (exact) mass is 270 g/mol. The molecular weight excluding hydrogens is 248 g/mol. The highest BCUT2D eigenvalue weighted by molar-refractivity contribution is 5.69. The molecule has 0 radical (unpaired) electrons. The molecule has 3 aliphatic rings. The quantitative estimate of drug-likeness (QED) is 0.743. The molecule has 2 heterocycles. The molecule has 6 heteroatoms. The van der Waals surface area contributed by atoms with Gasteiger partial charge in [0.15, 0.2) is 5.79 Å². The zero-order valence-corrected chi connectivity index (χ0v) is 11.1. The van der Waals surface area contributed by atoms with Crippen molar-refractivity contribution < 1.29 is 19.4 Å². The first-order valence-corrected chi connectivity index (χ1v) is 7.04. The molecule has 2 saturated heterocycles. The first-order chi connectivity index (χ1) is 9.04. The van der Waals surface area contributed by atoms with Crippen LogP contribution in [0.4, 0.5) is 0 Å². The van der Waals surface area contributed by atoms with Crippen molar-refractivity contribution in [1.82, 2.24) is 4.90 Å². The van der Waals surface area contributed by atoms with E-state index >= 15 is 0 Å². The number of carbonyl (C=O) groups is 1. The summed E-state index contributed by atoms with van der Waals surface area (Å²) in [6, 6.07) is 0.0822. The van der Waals surface area contributed by atoms with E-state index in [1.54, 1.807) is 0 Å². The van der Waals surface area contributed by atoms with Crippen molar-refractivity contribution in [1.29, 1.82) is 0 Å². The third kappa shape index (κ3) is 2.38. The van der Waals surface area contributed by atoms with E-state index in [1.807, 2.05) is 0 Å². The Balaban J connectivity index is 1.70. The minimum Gasteiger partial charge on any atom is -0.480 e. The van der Waals surface area contributed by atoms with Crippen LogP contribution in [0.3, 0.4) is 0 Å². The van der Waals surface area contributed by atoms with E-state index in [-0.39, 0.29) is 18.1 Å². The van der Waals surface area contributed by atoms with E-state index in [2.05, 4.69) is 4.90 Å². The Bertz CT molecular complexity index is 358. The van der Waals surface area contributed by atoms with Crippen molar-refractivity contribution in [3.05, 3.63) is 0 Å². The van der Waals surface area contributed by atoms with Crippen LogP contribution in [0.25, 0.3) is 0 Å². The topological polar surface area (TPSA) is 85.0 Å². The zero-order chi connectivity index (χ0) is 13.5. The SMILES string of the molecule is NC1CN(CC(=O)O)C2(CCC3(CC2)OCCO3)C1. The van der Waals surface area contributed by atoms with Gasteiger partial charge in [-0.15, -0.1) is 0 Å². The summed E-state index contributed by atoms with van der Waals surface area (Å²) in [7, 11) is 0. The molecule has 2 aliphatic heterocycles. The van der Waals surface area contributed by atoms with Crippen LogP contribution < -0.4 is 5.73 Å². The summed E-state index contributed by atoms with van der Waals surface area (Å²) in [6.45, 7) is 2.11. The van der Waals surface area contributed by atoms with Gasteiger partial charge in [-0.3, -0.25) is 9.69 Å². The largest absolute Gasteiger partial charge is 0.480 e. The zero-order valence-electron chi connectivity index (χ0n) is 11.1. The number of ether oxygens (including phenoxy) is 2. The Morgan fingerprint density at radius 1 is 1.26 bits per heavy atom. The second-order valence-electron chi connectivity index (χ2n) is 6.07. The number of carboxylic acid groups (broad SMARTS) is 1. The summed E-state index contributed by atoms with van der Waals surface area (Å²) in [5, 5.41) is 9.05. The Labute approximate surface area is 112 Å². The van der Waals surface area contributed by atoms with Gasteiger partial charge < -0.3 is 20.3 Å². The van der Waals surface area contributed by atoms with Crippen molar-refractivity contribution in [2.75, 3.05) is 26.3 Å². The minimum atomic E-state index is -0.776. The summed E-state index contributed by atoms with van der Waals surface area (Å²) in [5.74, 6) is -1.17. The van der Waals surface area contributed by atoms with Crippen molar-refractivity contribution in [3.8, 4) is 0 Å². The summed E-state index contributed by atoms with van der Waals surface area (Å²) < 4.78 is 11.5. The lowest BCUT2D eigenvalue weighted by Gasteiger charge is -2.46. The highest BCUT2D eigenvalue weighted by Gasteiger charge is 2.52. The Morgan fingerprint density at radius 2 is 1.89 bits per heavy atom. The molecule has 1 atom stereocenters. The maximum atomic E-state index is 11.0. The van der Waals surface area contributed by atoms with Crippen molar-refractivity contribution in [2.24, 2.45) is 5.73 Å². The van der Waals surface area contributed by atoms with Crippen molar-refractivity contribution in [2.45, 2.75) is 49.5 Å². The molecule has 108 valence electrons. The van der Waals surface area contributed by atoms with Gasteiger partial charge in [-0.1, -0.05) is 0 Å². The molecule has 19 heavy (non-hydrogen) atoms. The maximum Gasteiger partial charge on any atom is 0.317 e. The number of hydrogen-bond acceptors (Lipinski definition) is 5. The lowest BCUT2D eigenvalue weighted by molar-refractivity contribution is -0.192. The molecule has 3 rings (SSSR count). The van der Waals surface area contributed by atoms with E-state index < -0.39 is 11.8 Å². The molecule has 0 aromatic rings. The third-order valence-corrected chi connectivity index (χ3v) is 4.85. The maximum absolute atomic E-state index is 11.0. The fourth-order valence-electron chi connectivity index (χ4n) is 3.96. The number of nitrogens with zero attached hydrogens (tertiary/aromatic N) is 1. The molecule has 3 fully saturated rings. The van der Waals surface area contributed by atoms with Crippen LogP contribution in [-0.2, 0) is 14.3 Å². The standard InChI is InChI=1S/C13H22N2O4/c14-10-7-12(15(8-10)9-11(16)17)1-3-13(4-2-12)18-5-6-19-13/h10H,1-9,14H2,(H,16,17). The van der Waals surface area contributed by atoms with Crippen LogP contribution in [0.5, 0.6) is 0 Å². The molecular formula is C13H22N2O4. The summed E-state index contributed by atoms with van der Waals surface area (Å²) in [4.78, 5) is 13.1. The molecule has 6 nitrogen and oxygen atoms in total. The highest BCUT2D eigenvalue weighted by atomic mass is 16.7. The number of likely N-dealkylation sites (tertiary alicyclic amines) is 1. The Morgan fingerprint density at radius 3 is 2.47 bits per heavy atom. The molecule has 0 amide bonds. The van der Waals surface area contributed by atoms with Crippen LogP contribution in [0.15, 0.2) is 0 Å². The van der Waals surface area contributed by atoms with Crippen LogP contribution in [0, 0.1) is 0 Å². The lowest BCUT2D eigenvalue weighted by Crippen LogP contribution is -2.52. The van der Waals surface area contributed by atoms with E-state index in [4.69, 9.17) is 20.3 Å². The summed E-state index contributed by atoms with van der Waals surface area (Å²) in [5.41, 5.74) is 6.00. The summed E-state index contributed by atoms with van der Waals surface area (Å²) >= 11 is 0. The van der Waals surface area contributed by atoms with Gasteiger partial charge in [-0.05, 0) is 19.3 Å². The predicted molar refractivity (Wildman–Crippen MR) is 67.6 cm³/mol. The fraction of sp³-hybridized carbons (Fsp3) is 0.923. The van der Waals surface area contributed by atoms with E-state index in [0.717, 1.165) is 32.1 Å². The average molecular weight is 270 g/mol. The molecule has 0 aromatic heterocycles. The summed E-state index contributed by atoms with van der Waals surface area (Å²) in [6.07, 6.45) is 4.39. The third-order valence-electron chi connectivity index (χ3n) is 4.85.